The van der Waals surface area contributed by atoms with Crippen molar-refractivity contribution in [2.45, 2.75) is 19.4 Å². The van der Waals surface area contributed by atoms with E-state index < -0.39 is 5.91 Å². The smallest absolute Gasteiger partial charge is 0.237 e. The van der Waals surface area contributed by atoms with Crippen LogP contribution in [0, 0.1) is 5.92 Å². The first kappa shape index (κ1) is 15.3. The van der Waals surface area contributed by atoms with Crippen LogP contribution in [0.5, 0.6) is 0 Å². The molecule has 2 amide bonds. The molecule has 1 aromatic carbocycles. The summed E-state index contributed by atoms with van der Waals surface area (Å²) in [7, 11) is 0. The van der Waals surface area contributed by atoms with Crippen molar-refractivity contribution in [2.24, 2.45) is 11.7 Å². The number of nitrogen functional groups attached to an aromatic ring is 1. The zero-order valence-corrected chi connectivity index (χ0v) is 12.0. The van der Waals surface area contributed by atoms with E-state index in [1.807, 2.05) is 12.1 Å². The zero-order valence-electron chi connectivity index (χ0n) is 12.0. The maximum atomic E-state index is 12.5. The number of nitrogens with two attached hydrogens (primary N) is 2. The molecule has 0 aromatic heterocycles. The monoisotopic (exact) mass is 291 g/mol. The highest BCUT2D eigenvalue weighted by Crippen LogP contribution is 2.18. The van der Waals surface area contributed by atoms with Crippen LogP contribution in [0.4, 0.5) is 5.69 Å². The molecule has 0 bridgehead atoms. The fourth-order valence-electron chi connectivity index (χ4n) is 2.51. The normalized spacial score (nSPS) is 18.2. The third-order valence-electron chi connectivity index (χ3n) is 3.49. The number of carbonyl (C=O) groups is 2. The molecule has 0 spiro atoms. The van der Waals surface area contributed by atoms with E-state index in [0.717, 1.165) is 18.4 Å². The van der Waals surface area contributed by atoms with Crippen molar-refractivity contribution in [1.29, 1.82) is 0 Å². The van der Waals surface area contributed by atoms with Crippen LogP contribution in [0.1, 0.15) is 18.4 Å². The van der Waals surface area contributed by atoms with Crippen molar-refractivity contribution < 1.29 is 14.3 Å². The Morgan fingerprint density at radius 2 is 2.19 bits per heavy atom. The van der Waals surface area contributed by atoms with Gasteiger partial charge in [0.1, 0.15) is 0 Å². The van der Waals surface area contributed by atoms with Crippen LogP contribution in [0.15, 0.2) is 24.3 Å². The lowest BCUT2D eigenvalue weighted by atomic mass is 10.00. The molecule has 0 radical (unpaired) electrons. The fourth-order valence-corrected chi connectivity index (χ4v) is 2.51. The standard InChI is InChI=1S/C15H21N3O3/c16-13-5-1-3-11(7-13)8-18(9-14(17)19)15(20)12-4-2-6-21-10-12/h1,3,5,7,12H,2,4,6,8-10,16H2,(H2,17,19). The minimum absolute atomic E-state index is 0.0871. The summed E-state index contributed by atoms with van der Waals surface area (Å²) in [6, 6.07) is 7.26. The molecule has 4 N–H and O–H groups in total. The summed E-state index contributed by atoms with van der Waals surface area (Å²) in [6.07, 6.45) is 1.64. The Morgan fingerprint density at radius 3 is 2.81 bits per heavy atom. The summed E-state index contributed by atoms with van der Waals surface area (Å²) in [4.78, 5) is 25.2. The Morgan fingerprint density at radius 1 is 1.38 bits per heavy atom. The molecule has 6 nitrogen and oxygen atoms in total. The Balaban J connectivity index is 2.09. The summed E-state index contributed by atoms with van der Waals surface area (Å²) in [5.74, 6) is -0.806. The molecule has 114 valence electrons. The lowest BCUT2D eigenvalue weighted by Crippen LogP contribution is -2.43. The molecule has 1 unspecified atom stereocenters. The first-order valence-electron chi connectivity index (χ1n) is 7.05. The highest BCUT2D eigenvalue weighted by atomic mass is 16.5. The molecule has 1 atom stereocenters. The summed E-state index contributed by atoms with van der Waals surface area (Å²) in [5, 5.41) is 0. The van der Waals surface area contributed by atoms with Crippen molar-refractivity contribution in [1.82, 2.24) is 4.90 Å². The Kier molecular flexibility index (Phi) is 5.16. The second kappa shape index (κ2) is 7.08. The van der Waals surface area contributed by atoms with Crippen molar-refractivity contribution in [3.05, 3.63) is 29.8 Å². The predicted molar refractivity (Wildman–Crippen MR) is 79.0 cm³/mol. The maximum Gasteiger partial charge on any atom is 0.237 e. The molecule has 1 aliphatic rings. The molecule has 1 aromatic rings. The van der Waals surface area contributed by atoms with Gasteiger partial charge in [-0.05, 0) is 30.5 Å². The molecule has 0 saturated carbocycles. The van der Waals surface area contributed by atoms with E-state index >= 15 is 0 Å². The minimum atomic E-state index is -0.524. The first-order chi connectivity index (χ1) is 10.1. The number of anilines is 1. The average molecular weight is 291 g/mol. The number of benzene rings is 1. The SMILES string of the molecule is NC(=O)CN(Cc1cccc(N)c1)C(=O)C1CCCOC1. The molecule has 1 heterocycles. The Bertz CT molecular complexity index is 513. The van der Waals surface area contributed by atoms with E-state index in [0.29, 0.717) is 25.4 Å². The molecule has 1 aliphatic heterocycles. The summed E-state index contributed by atoms with van der Waals surface area (Å²) in [6.45, 7) is 1.33. The second-order valence-electron chi connectivity index (χ2n) is 5.32. The first-order valence-corrected chi connectivity index (χ1v) is 7.05. The molecule has 1 fully saturated rings. The largest absolute Gasteiger partial charge is 0.399 e. The van der Waals surface area contributed by atoms with Crippen LogP contribution in [-0.2, 0) is 20.9 Å². The van der Waals surface area contributed by atoms with Gasteiger partial charge in [0.25, 0.3) is 0 Å². The molecular formula is C15H21N3O3. The lowest BCUT2D eigenvalue weighted by molar-refractivity contribution is -0.143. The third-order valence-corrected chi connectivity index (χ3v) is 3.49. The van der Waals surface area contributed by atoms with Crippen LogP contribution in [0.3, 0.4) is 0 Å². The fraction of sp³-hybridized carbons (Fsp3) is 0.467. The number of ether oxygens (including phenoxy) is 1. The average Bonchev–Trinajstić information content (AvgIpc) is 2.46. The number of primary amides is 1. The highest BCUT2D eigenvalue weighted by molar-refractivity contribution is 5.85. The van der Waals surface area contributed by atoms with Gasteiger partial charge in [0.2, 0.25) is 11.8 Å². The van der Waals surface area contributed by atoms with Crippen molar-refractivity contribution in [3.8, 4) is 0 Å². The van der Waals surface area contributed by atoms with Crippen LogP contribution >= 0.6 is 0 Å². The molecule has 21 heavy (non-hydrogen) atoms. The summed E-state index contributed by atoms with van der Waals surface area (Å²) in [5.41, 5.74) is 12.5. The highest BCUT2D eigenvalue weighted by Gasteiger charge is 2.27. The number of hydrogen-bond acceptors (Lipinski definition) is 4. The van der Waals surface area contributed by atoms with E-state index in [9.17, 15) is 9.59 Å². The van der Waals surface area contributed by atoms with Crippen LogP contribution in [0.25, 0.3) is 0 Å². The topological polar surface area (TPSA) is 98.7 Å². The maximum absolute atomic E-state index is 12.5. The van der Waals surface area contributed by atoms with Gasteiger partial charge in [0.15, 0.2) is 0 Å². The molecule has 1 saturated heterocycles. The quantitative estimate of drug-likeness (QED) is 0.772. The van der Waals surface area contributed by atoms with E-state index in [1.165, 1.54) is 4.90 Å². The zero-order chi connectivity index (χ0) is 15.2. The molecule has 0 aliphatic carbocycles. The minimum Gasteiger partial charge on any atom is -0.399 e. The van der Waals surface area contributed by atoms with Gasteiger partial charge in [-0.25, -0.2) is 0 Å². The van der Waals surface area contributed by atoms with Crippen LogP contribution in [0.2, 0.25) is 0 Å². The molecular weight excluding hydrogens is 270 g/mol. The Labute approximate surface area is 124 Å². The summed E-state index contributed by atoms with van der Waals surface area (Å²) >= 11 is 0. The van der Waals surface area contributed by atoms with E-state index in [1.54, 1.807) is 12.1 Å². The number of rotatable bonds is 5. The van der Waals surface area contributed by atoms with Gasteiger partial charge in [0, 0.05) is 18.8 Å². The van der Waals surface area contributed by atoms with Gasteiger partial charge in [-0.3, -0.25) is 9.59 Å². The van der Waals surface area contributed by atoms with Gasteiger partial charge < -0.3 is 21.1 Å². The third kappa shape index (κ3) is 4.46. The number of hydrogen-bond donors (Lipinski definition) is 2. The van der Waals surface area contributed by atoms with Crippen LogP contribution in [-0.4, -0.2) is 36.5 Å². The number of carbonyl (C=O) groups excluding carboxylic acids is 2. The number of nitrogens with zero attached hydrogens (tertiary/aromatic N) is 1. The van der Waals surface area contributed by atoms with Gasteiger partial charge in [0.05, 0.1) is 19.1 Å². The van der Waals surface area contributed by atoms with Crippen molar-refractivity contribution >= 4 is 17.5 Å². The van der Waals surface area contributed by atoms with Gasteiger partial charge in [-0.2, -0.15) is 0 Å². The van der Waals surface area contributed by atoms with Gasteiger partial charge >= 0.3 is 0 Å². The van der Waals surface area contributed by atoms with E-state index in [4.69, 9.17) is 16.2 Å². The summed E-state index contributed by atoms with van der Waals surface area (Å²) < 4.78 is 5.34. The van der Waals surface area contributed by atoms with Gasteiger partial charge in [-0.1, -0.05) is 12.1 Å². The molecule has 6 heteroatoms. The van der Waals surface area contributed by atoms with E-state index in [2.05, 4.69) is 0 Å². The number of amides is 2. The lowest BCUT2D eigenvalue weighted by Gasteiger charge is -2.28. The van der Waals surface area contributed by atoms with Crippen molar-refractivity contribution in [2.75, 3.05) is 25.5 Å². The predicted octanol–water partition coefficient (Wildman–Crippen LogP) is 0.509. The van der Waals surface area contributed by atoms with E-state index in [-0.39, 0.29) is 18.4 Å². The second-order valence-corrected chi connectivity index (χ2v) is 5.32. The molecule has 2 rings (SSSR count). The van der Waals surface area contributed by atoms with Crippen molar-refractivity contribution in [3.63, 3.8) is 0 Å². The van der Waals surface area contributed by atoms with Gasteiger partial charge in [-0.15, -0.1) is 0 Å². The Hall–Kier alpha value is -2.08. The van der Waals surface area contributed by atoms with Crippen LogP contribution < -0.4 is 11.5 Å².